The van der Waals surface area contributed by atoms with Gasteiger partial charge in [0.1, 0.15) is 6.04 Å². The molecule has 8 nitrogen and oxygen atoms in total. The number of carboxylic acid groups (broad SMARTS) is 1. The van der Waals surface area contributed by atoms with Gasteiger partial charge in [-0.05, 0) is 37.3 Å². The number of carbonyl (C=O) groups is 2. The number of aryl methyl sites for hydroxylation is 3. The highest BCUT2D eigenvalue weighted by Crippen LogP contribution is 2.21. The van der Waals surface area contributed by atoms with Crippen LogP contribution in [0.3, 0.4) is 0 Å². The standard InChI is InChI=1S/C17H24N4O4/c1-8(2)14(17(24)25)19-12(22)7-6-11-9(3)13-15(18-10(11)4)21(5)20-16(13)23/h8,14H,6-7H2,1-5H3,(H,19,22)(H,20,23)(H,24,25)/t14-/m1/s1. The summed E-state index contributed by atoms with van der Waals surface area (Å²) in [4.78, 5) is 39.8. The molecule has 0 bridgehead atoms. The molecule has 0 aromatic carbocycles. The molecule has 0 aliphatic carbocycles. The van der Waals surface area contributed by atoms with E-state index in [1.165, 1.54) is 0 Å². The summed E-state index contributed by atoms with van der Waals surface area (Å²) in [5, 5.41) is 14.9. The van der Waals surface area contributed by atoms with Gasteiger partial charge in [-0.2, -0.15) is 0 Å². The van der Waals surface area contributed by atoms with Gasteiger partial charge in [0, 0.05) is 19.2 Å². The first-order valence-corrected chi connectivity index (χ1v) is 8.20. The minimum Gasteiger partial charge on any atom is -0.480 e. The van der Waals surface area contributed by atoms with Crippen LogP contribution >= 0.6 is 0 Å². The van der Waals surface area contributed by atoms with Crippen molar-refractivity contribution in [2.45, 2.75) is 46.6 Å². The van der Waals surface area contributed by atoms with Crippen LogP contribution < -0.4 is 10.9 Å². The molecule has 136 valence electrons. The second-order valence-corrected chi connectivity index (χ2v) is 6.63. The van der Waals surface area contributed by atoms with Crippen molar-refractivity contribution in [3.8, 4) is 0 Å². The lowest BCUT2D eigenvalue weighted by Gasteiger charge is -2.18. The first-order chi connectivity index (χ1) is 11.6. The van der Waals surface area contributed by atoms with E-state index in [1.807, 2.05) is 13.8 Å². The largest absolute Gasteiger partial charge is 0.480 e. The van der Waals surface area contributed by atoms with Crippen LogP contribution in [0.2, 0.25) is 0 Å². The Morgan fingerprint density at radius 1 is 1.32 bits per heavy atom. The van der Waals surface area contributed by atoms with Gasteiger partial charge in [-0.15, -0.1) is 0 Å². The zero-order valence-corrected chi connectivity index (χ0v) is 15.1. The molecule has 2 rings (SSSR count). The van der Waals surface area contributed by atoms with Crippen molar-refractivity contribution in [2.75, 3.05) is 0 Å². The van der Waals surface area contributed by atoms with Gasteiger partial charge < -0.3 is 10.4 Å². The van der Waals surface area contributed by atoms with Gasteiger partial charge >= 0.3 is 5.97 Å². The number of fused-ring (bicyclic) bond motifs is 1. The molecule has 8 heteroatoms. The Morgan fingerprint density at radius 3 is 2.52 bits per heavy atom. The number of pyridine rings is 1. The lowest BCUT2D eigenvalue weighted by molar-refractivity contribution is -0.143. The molecule has 2 heterocycles. The Labute approximate surface area is 145 Å². The Hall–Kier alpha value is -2.64. The van der Waals surface area contributed by atoms with Gasteiger partial charge in [-0.3, -0.25) is 19.4 Å². The van der Waals surface area contributed by atoms with E-state index in [-0.39, 0.29) is 23.8 Å². The number of amides is 1. The number of rotatable bonds is 6. The minimum atomic E-state index is -1.05. The summed E-state index contributed by atoms with van der Waals surface area (Å²) in [6.07, 6.45) is 0.529. The maximum Gasteiger partial charge on any atom is 0.326 e. The number of aliphatic carboxylic acids is 1. The highest BCUT2D eigenvalue weighted by Gasteiger charge is 2.23. The summed E-state index contributed by atoms with van der Waals surface area (Å²) in [6.45, 7) is 7.17. The Balaban J connectivity index is 2.21. The molecule has 0 unspecified atom stereocenters. The van der Waals surface area contributed by atoms with Crippen molar-refractivity contribution in [2.24, 2.45) is 13.0 Å². The molecule has 0 radical (unpaired) electrons. The Morgan fingerprint density at radius 2 is 1.96 bits per heavy atom. The number of aromatic amines is 1. The van der Waals surface area contributed by atoms with E-state index in [9.17, 15) is 14.4 Å². The van der Waals surface area contributed by atoms with Crippen LogP contribution in [0.1, 0.15) is 37.1 Å². The van der Waals surface area contributed by atoms with Crippen molar-refractivity contribution >= 4 is 22.9 Å². The van der Waals surface area contributed by atoms with Crippen LogP contribution in [0.15, 0.2) is 4.79 Å². The molecule has 0 spiro atoms. The number of nitrogens with zero attached hydrogens (tertiary/aromatic N) is 2. The third-order valence-electron chi connectivity index (χ3n) is 4.43. The molecular formula is C17H24N4O4. The summed E-state index contributed by atoms with van der Waals surface area (Å²) in [6, 6.07) is -0.910. The molecule has 1 atom stereocenters. The lowest BCUT2D eigenvalue weighted by atomic mass is 9.99. The second kappa shape index (κ2) is 7.08. The van der Waals surface area contributed by atoms with Crippen molar-refractivity contribution in [1.29, 1.82) is 0 Å². The van der Waals surface area contributed by atoms with Gasteiger partial charge in [0.05, 0.1) is 5.39 Å². The fourth-order valence-corrected chi connectivity index (χ4v) is 3.01. The first-order valence-electron chi connectivity index (χ1n) is 8.20. The topological polar surface area (TPSA) is 117 Å². The average Bonchev–Trinajstić information content (AvgIpc) is 2.78. The van der Waals surface area contributed by atoms with Gasteiger partial charge in [0.25, 0.3) is 5.56 Å². The zero-order chi connectivity index (χ0) is 18.9. The third kappa shape index (κ3) is 3.72. The number of hydrogen-bond acceptors (Lipinski definition) is 4. The zero-order valence-electron chi connectivity index (χ0n) is 15.1. The van der Waals surface area contributed by atoms with Crippen LogP contribution in [0, 0.1) is 19.8 Å². The van der Waals surface area contributed by atoms with Crippen LogP contribution in [-0.4, -0.2) is 37.8 Å². The normalized spacial score (nSPS) is 12.6. The number of carbonyl (C=O) groups excluding carboxylic acids is 1. The van der Waals surface area contributed by atoms with Crippen molar-refractivity contribution in [3.05, 3.63) is 27.2 Å². The molecule has 2 aromatic rings. The van der Waals surface area contributed by atoms with Gasteiger partial charge in [0.2, 0.25) is 5.91 Å². The highest BCUT2D eigenvalue weighted by molar-refractivity contribution is 5.84. The van der Waals surface area contributed by atoms with E-state index >= 15 is 0 Å². The summed E-state index contributed by atoms with van der Waals surface area (Å²) >= 11 is 0. The molecule has 1 amide bonds. The van der Waals surface area contributed by atoms with E-state index in [0.29, 0.717) is 17.5 Å². The predicted molar refractivity (Wildman–Crippen MR) is 93.5 cm³/mol. The molecule has 0 aliphatic rings. The molecule has 0 saturated carbocycles. The van der Waals surface area contributed by atoms with Crippen LogP contribution in [0.5, 0.6) is 0 Å². The van der Waals surface area contributed by atoms with Gasteiger partial charge in [-0.25, -0.2) is 9.78 Å². The van der Waals surface area contributed by atoms with E-state index in [2.05, 4.69) is 15.4 Å². The maximum absolute atomic E-state index is 12.1. The molecular weight excluding hydrogens is 324 g/mol. The maximum atomic E-state index is 12.1. The summed E-state index contributed by atoms with van der Waals surface area (Å²) < 4.78 is 1.58. The number of nitrogens with one attached hydrogen (secondary N) is 2. The number of carboxylic acids is 1. The van der Waals surface area contributed by atoms with E-state index in [4.69, 9.17) is 5.11 Å². The van der Waals surface area contributed by atoms with E-state index in [0.717, 1.165) is 16.8 Å². The van der Waals surface area contributed by atoms with Crippen molar-refractivity contribution in [3.63, 3.8) is 0 Å². The Bertz CT molecular complexity index is 879. The lowest BCUT2D eigenvalue weighted by Crippen LogP contribution is -2.44. The highest BCUT2D eigenvalue weighted by atomic mass is 16.4. The first kappa shape index (κ1) is 18.7. The molecule has 25 heavy (non-hydrogen) atoms. The summed E-state index contributed by atoms with van der Waals surface area (Å²) in [7, 11) is 1.72. The SMILES string of the molecule is Cc1nc2c(c(C)c1CCC(=O)N[C@@H](C(=O)O)C(C)C)c(=O)[nH]n2C. The molecule has 0 saturated heterocycles. The monoisotopic (exact) mass is 348 g/mol. The number of hydrogen-bond donors (Lipinski definition) is 3. The quantitative estimate of drug-likeness (QED) is 0.721. The van der Waals surface area contributed by atoms with Crippen molar-refractivity contribution < 1.29 is 14.7 Å². The number of H-pyrrole nitrogens is 1. The van der Waals surface area contributed by atoms with Crippen LogP contribution in [-0.2, 0) is 23.1 Å². The average molecular weight is 348 g/mol. The predicted octanol–water partition coefficient (Wildman–Crippen LogP) is 1.04. The summed E-state index contributed by atoms with van der Waals surface area (Å²) in [5.41, 5.74) is 2.77. The van der Waals surface area contributed by atoms with Gasteiger partial charge in [-0.1, -0.05) is 13.8 Å². The summed E-state index contributed by atoms with van der Waals surface area (Å²) in [5.74, 6) is -1.58. The third-order valence-corrected chi connectivity index (χ3v) is 4.43. The molecule has 0 fully saturated rings. The second-order valence-electron chi connectivity index (χ2n) is 6.63. The minimum absolute atomic E-state index is 0.135. The van der Waals surface area contributed by atoms with Crippen LogP contribution in [0.25, 0.3) is 11.0 Å². The van der Waals surface area contributed by atoms with Gasteiger partial charge in [0.15, 0.2) is 5.65 Å². The Kier molecular flexibility index (Phi) is 5.30. The fourth-order valence-electron chi connectivity index (χ4n) is 3.01. The molecule has 2 aromatic heterocycles. The number of aromatic nitrogens is 3. The smallest absolute Gasteiger partial charge is 0.326 e. The fraction of sp³-hybridized carbons (Fsp3) is 0.529. The van der Waals surface area contributed by atoms with E-state index < -0.39 is 12.0 Å². The van der Waals surface area contributed by atoms with Crippen LogP contribution in [0.4, 0.5) is 0 Å². The van der Waals surface area contributed by atoms with Crippen molar-refractivity contribution in [1.82, 2.24) is 20.1 Å². The molecule has 0 aliphatic heterocycles. The molecule has 3 N–H and O–H groups in total. The van der Waals surface area contributed by atoms with E-state index in [1.54, 1.807) is 25.6 Å².